The highest BCUT2D eigenvalue weighted by molar-refractivity contribution is 6.36. The van der Waals surface area contributed by atoms with Gasteiger partial charge in [-0.1, -0.05) is 23.2 Å². The molecule has 1 aliphatic rings. The predicted octanol–water partition coefficient (Wildman–Crippen LogP) is 3.68. The van der Waals surface area contributed by atoms with E-state index in [2.05, 4.69) is 4.90 Å². The van der Waals surface area contributed by atoms with Crippen LogP contribution in [0.4, 0.5) is 0 Å². The van der Waals surface area contributed by atoms with Gasteiger partial charge >= 0.3 is 0 Å². The summed E-state index contributed by atoms with van der Waals surface area (Å²) in [6, 6.07) is 3.17. The number of piperidine rings is 1. The number of aromatic hydroxyl groups is 1. The molecule has 0 spiro atoms. The summed E-state index contributed by atoms with van der Waals surface area (Å²) < 4.78 is 0. The molecule has 0 aromatic heterocycles. The Labute approximate surface area is 130 Å². The normalized spacial score (nSPS) is 21.1. The molecule has 1 heterocycles. The molecule has 1 saturated heterocycles. The Kier molecular flexibility index (Phi) is 4.85. The number of rotatable bonds is 3. The molecule has 1 unspecified atom stereocenters. The van der Waals surface area contributed by atoms with E-state index in [1.165, 1.54) is 6.07 Å². The fraction of sp³-hybridized carbons (Fsp3) is 0.600. The largest absolute Gasteiger partial charge is 0.506 e. The van der Waals surface area contributed by atoms with Crippen LogP contribution in [-0.4, -0.2) is 33.8 Å². The van der Waals surface area contributed by atoms with Crippen molar-refractivity contribution in [2.45, 2.75) is 38.8 Å². The smallest absolute Gasteiger partial charge is 0.134 e. The Hall–Kier alpha value is -0.480. The van der Waals surface area contributed by atoms with Crippen LogP contribution in [0.15, 0.2) is 12.1 Å². The first-order valence-corrected chi connectivity index (χ1v) is 7.65. The third kappa shape index (κ3) is 3.59. The SMILES string of the molecule is CC(C)(O)C1CCCN(Cc2c(Cl)ccc(O)c2Cl)C1. The van der Waals surface area contributed by atoms with Crippen molar-refractivity contribution in [3.8, 4) is 5.75 Å². The monoisotopic (exact) mass is 317 g/mol. The van der Waals surface area contributed by atoms with Gasteiger partial charge in [-0.15, -0.1) is 0 Å². The van der Waals surface area contributed by atoms with Gasteiger partial charge in [-0.25, -0.2) is 0 Å². The van der Waals surface area contributed by atoms with Crippen LogP contribution in [0.1, 0.15) is 32.3 Å². The molecule has 0 amide bonds. The maximum atomic E-state index is 10.2. The Morgan fingerprint density at radius 1 is 1.35 bits per heavy atom. The number of likely N-dealkylation sites (tertiary alicyclic amines) is 1. The van der Waals surface area contributed by atoms with Gasteiger partial charge in [0.2, 0.25) is 0 Å². The van der Waals surface area contributed by atoms with Gasteiger partial charge in [0.25, 0.3) is 0 Å². The highest BCUT2D eigenvalue weighted by Crippen LogP contribution is 2.35. The van der Waals surface area contributed by atoms with Crippen molar-refractivity contribution in [2.24, 2.45) is 5.92 Å². The number of hydrogen-bond acceptors (Lipinski definition) is 3. The molecule has 2 rings (SSSR count). The minimum atomic E-state index is -0.676. The van der Waals surface area contributed by atoms with Crippen LogP contribution < -0.4 is 0 Å². The molecule has 20 heavy (non-hydrogen) atoms. The summed E-state index contributed by atoms with van der Waals surface area (Å²) in [5.74, 6) is 0.299. The summed E-state index contributed by atoms with van der Waals surface area (Å²) in [5.41, 5.74) is 0.0789. The summed E-state index contributed by atoms with van der Waals surface area (Å²) in [5, 5.41) is 20.7. The van der Waals surface area contributed by atoms with Gasteiger partial charge in [-0.2, -0.15) is 0 Å². The fourth-order valence-electron chi connectivity index (χ4n) is 2.73. The van der Waals surface area contributed by atoms with Crippen molar-refractivity contribution in [3.05, 3.63) is 27.7 Å². The number of benzene rings is 1. The molecule has 0 saturated carbocycles. The van der Waals surface area contributed by atoms with Gasteiger partial charge in [0.15, 0.2) is 0 Å². The minimum Gasteiger partial charge on any atom is -0.506 e. The Morgan fingerprint density at radius 3 is 2.70 bits per heavy atom. The lowest BCUT2D eigenvalue weighted by molar-refractivity contribution is -0.0198. The first-order chi connectivity index (χ1) is 9.29. The summed E-state index contributed by atoms with van der Waals surface area (Å²) in [7, 11) is 0. The third-order valence-electron chi connectivity index (χ3n) is 4.05. The molecule has 5 heteroatoms. The molecular weight excluding hydrogens is 297 g/mol. The Balaban J connectivity index is 2.13. The van der Waals surface area contributed by atoms with Crippen LogP contribution in [0.5, 0.6) is 5.75 Å². The molecule has 112 valence electrons. The standard InChI is InChI=1S/C15H21Cl2NO2/c1-15(2,20)10-4-3-7-18(8-10)9-11-12(16)5-6-13(19)14(11)17/h5-6,10,19-20H,3-4,7-9H2,1-2H3. The molecule has 2 N–H and O–H groups in total. The molecule has 3 nitrogen and oxygen atoms in total. The summed E-state index contributed by atoms with van der Waals surface area (Å²) in [6.45, 7) is 6.07. The van der Waals surface area contributed by atoms with E-state index in [4.69, 9.17) is 23.2 Å². The van der Waals surface area contributed by atoms with E-state index in [0.29, 0.717) is 16.6 Å². The third-order valence-corrected chi connectivity index (χ3v) is 4.83. The highest BCUT2D eigenvalue weighted by Gasteiger charge is 2.31. The second-order valence-corrected chi connectivity index (χ2v) is 6.87. The van der Waals surface area contributed by atoms with E-state index in [1.807, 2.05) is 13.8 Å². The van der Waals surface area contributed by atoms with E-state index >= 15 is 0 Å². The lowest BCUT2D eigenvalue weighted by atomic mass is 9.84. The quantitative estimate of drug-likeness (QED) is 0.893. The maximum Gasteiger partial charge on any atom is 0.134 e. The average Bonchev–Trinajstić information content (AvgIpc) is 2.39. The van der Waals surface area contributed by atoms with Crippen molar-refractivity contribution >= 4 is 23.2 Å². The Bertz CT molecular complexity index is 485. The van der Waals surface area contributed by atoms with E-state index in [-0.39, 0.29) is 11.7 Å². The first-order valence-electron chi connectivity index (χ1n) is 6.89. The fourth-order valence-corrected chi connectivity index (χ4v) is 3.22. The van der Waals surface area contributed by atoms with Gasteiger partial charge < -0.3 is 10.2 Å². The van der Waals surface area contributed by atoms with Crippen molar-refractivity contribution < 1.29 is 10.2 Å². The molecule has 0 aliphatic carbocycles. The molecule has 1 aromatic carbocycles. The van der Waals surface area contributed by atoms with Gasteiger partial charge in [-0.3, -0.25) is 4.90 Å². The summed E-state index contributed by atoms with van der Waals surface area (Å²) in [4.78, 5) is 2.23. The molecule has 1 fully saturated rings. The number of phenols is 1. The van der Waals surface area contributed by atoms with Gasteiger partial charge in [0, 0.05) is 23.7 Å². The second kappa shape index (κ2) is 6.10. The van der Waals surface area contributed by atoms with E-state index in [9.17, 15) is 10.2 Å². The van der Waals surface area contributed by atoms with E-state index in [0.717, 1.165) is 31.5 Å². The second-order valence-electron chi connectivity index (χ2n) is 6.09. The molecule has 1 atom stereocenters. The zero-order valence-corrected chi connectivity index (χ0v) is 13.4. The molecular formula is C15H21Cl2NO2. The van der Waals surface area contributed by atoms with E-state index < -0.39 is 5.60 Å². The first kappa shape index (κ1) is 15.9. The predicted molar refractivity (Wildman–Crippen MR) is 82.4 cm³/mol. The molecule has 0 radical (unpaired) electrons. The van der Waals surface area contributed by atoms with Crippen LogP contribution in [0, 0.1) is 5.92 Å². The zero-order chi connectivity index (χ0) is 14.9. The number of phenolic OH excluding ortho intramolecular Hbond substituents is 1. The summed E-state index contributed by atoms with van der Waals surface area (Å²) in [6.07, 6.45) is 2.07. The van der Waals surface area contributed by atoms with Crippen molar-refractivity contribution in [3.63, 3.8) is 0 Å². The van der Waals surface area contributed by atoms with E-state index in [1.54, 1.807) is 6.07 Å². The molecule has 1 aromatic rings. The average molecular weight is 318 g/mol. The van der Waals surface area contributed by atoms with Crippen molar-refractivity contribution in [2.75, 3.05) is 13.1 Å². The Morgan fingerprint density at radius 2 is 2.05 bits per heavy atom. The van der Waals surface area contributed by atoms with Gasteiger partial charge in [0.1, 0.15) is 5.75 Å². The topological polar surface area (TPSA) is 43.7 Å². The molecule has 1 aliphatic heterocycles. The maximum absolute atomic E-state index is 10.2. The molecule has 0 bridgehead atoms. The number of halogens is 2. The van der Waals surface area contributed by atoms with Crippen LogP contribution in [-0.2, 0) is 6.54 Å². The minimum absolute atomic E-state index is 0.0575. The van der Waals surface area contributed by atoms with Crippen molar-refractivity contribution in [1.82, 2.24) is 4.90 Å². The van der Waals surface area contributed by atoms with Gasteiger partial charge in [0.05, 0.1) is 10.6 Å². The van der Waals surface area contributed by atoms with Crippen LogP contribution >= 0.6 is 23.2 Å². The van der Waals surface area contributed by atoms with Crippen LogP contribution in [0.25, 0.3) is 0 Å². The number of nitrogens with zero attached hydrogens (tertiary/aromatic N) is 1. The zero-order valence-electron chi connectivity index (χ0n) is 11.9. The van der Waals surface area contributed by atoms with Crippen LogP contribution in [0.2, 0.25) is 10.0 Å². The lowest BCUT2D eigenvalue weighted by Gasteiger charge is -2.39. The lowest BCUT2D eigenvalue weighted by Crippen LogP contribution is -2.44. The number of aliphatic hydroxyl groups is 1. The van der Waals surface area contributed by atoms with Gasteiger partial charge in [-0.05, 0) is 51.3 Å². The van der Waals surface area contributed by atoms with Crippen molar-refractivity contribution in [1.29, 1.82) is 0 Å². The highest BCUT2D eigenvalue weighted by atomic mass is 35.5. The number of hydrogen-bond donors (Lipinski definition) is 2. The van der Waals surface area contributed by atoms with Crippen LogP contribution in [0.3, 0.4) is 0 Å². The summed E-state index contributed by atoms with van der Waals surface area (Å²) >= 11 is 12.3.